The Labute approximate surface area is 154 Å². The predicted octanol–water partition coefficient (Wildman–Crippen LogP) is 1.62. The zero-order valence-electron chi connectivity index (χ0n) is 14.9. The maximum absolute atomic E-state index is 11.5. The van der Waals surface area contributed by atoms with Crippen molar-refractivity contribution in [1.29, 1.82) is 0 Å². The molecule has 2 N–H and O–H groups in total. The molecule has 10 nitrogen and oxygen atoms in total. The maximum atomic E-state index is 11.5. The summed E-state index contributed by atoms with van der Waals surface area (Å²) in [6, 6.07) is 4.01. The van der Waals surface area contributed by atoms with Crippen LogP contribution < -0.4 is 4.74 Å². The fourth-order valence-electron chi connectivity index (χ4n) is 2.45. The van der Waals surface area contributed by atoms with Crippen LogP contribution in [0.5, 0.6) is 5.75 Å². The van der Waals surface area contributed by atoms with Gasteiger partial charge >= 0.3 is 17.6 Å². The number of hydrogen-bond acceptors (Lipinski definition) is 8. The van der Waals surface area contributed by atoms with Crippen LogP contribution in [0.15, 0.2) is 18.2 Å². The van der Waals surface area contributed by atoms with Gasteiger partial charge in [0.05, 0.1) is 16.9 Å². The monoisotopic (exact) mass is 383 g/mol. The predicted molar refractivity (Wildman–Crippen MR) is 89.9 cm³/mol. The molecule has 0 bridgehead atoms. The van der Waals surface area contributed by atoms with E-state index in [4.69, 9.17) is 19.3 Å². The Morgan fingerprint density at radius 2 is 2.07 bits per heavy atom. The van der Waals surface area contributed by atoms with Gasteiger partial charge in [0.25, 0.3) is 0 Å². The highest BCUT2D eigenvalue weighted by Gasteiger charge is 2.35. The van der Waals surface area contributed by atoms with Crippen molar-refractivity contribution in [3.8, 4) is 5.75 Å². The van der Waals surface area contributed by atoms with Gasteiger partial charge < -0.3 is 24.4 Å². The van der Waals surface area contributed by atoms with Gasteiger partial charge in [-0.05, 0) is 11.6 Å². The van der Waals surface area contributed by atoms with Crippen molar-refractivity contribution in [2.24, 2.45) is 5.92 Å². The number of carboxylic acids is 1. The first-order valence-corrected chi connectivity index (χ1v) is 8.34. The number of aliphatic hydroxyl groups is 1. The number of nitro groups is 1. The molecule has 0 aliphatic carbocycles. The van der Waals surface area contributed by atoms with Crippen molar-refractivity contribution in [3.63, 3.8) is 0 Å². The van der Waals surface area contributed by atoms with E-state index in [9.17, 15) is 24.8 Å². The molecule has 1 heterocycles. The fourth-order valence-corrected chi connectivity index (χ4v) is 2.45. The first kappa shape index (κ1) is 20.6. The molecule has 3 unspecified atom stereocenters. The van der Waals surface area contributed by atoms with Crippen LogP contribution in [0.3, 0.4) is 0 Å². The lowest BCUT2D eigenvalue weighted by Gasteiger charge is -2.30. The summed E-state index contributed by atoms with van der Waals surface area (Å²) in [5.41, 5.74) is 0.0136. The number of carbonyl (C=O) groups is 2. The van der Waals surface area contributed by atoms with E-state index in [2.05, 4.69) is 0 Å². The van der Waals surface area contributed by atoms with Crippen molar-refractivity contribution in [3.05, 3.63) is 33.9 Å². The summed E-state index contributed by atoms with van der Waals surface area (Å²) in [5, 5.41) is 30.1. The van der Waals surface area contributed by atoms with Gasteiger partial charge in [-0.2, -0.15) is 0 Å². The molecular formula is C17H21NO9. The van der Waals surface area contributed by atoms with Gasteiger partial charge in [0.1, 0.15) is 6.61 Å². The molecule has 27 heavy (non-hydrogen) atoms. The summed E-state index contributed by atoms with van der Waals surface area (Å²) in [6.45, 7) is 3.22. The number of carbonyl (C=O) groups excluding carboxylic acids is 1. The van der Waals surface area contributed by atoms with Crippen LogP contribution in [-0.4, -0.2) is 45.6 Å². The highest BCUT2D eigenvalue weighted by Crippen LogP contribution is 2.32. The van der Waals surface area contributed by atoms with Gasteiger partial charge in [0, 0.05) is 18.9 Å². The van der Waals surface area contributed by atoms with Crippen LogP contribution in [0, 0.1) is 16.0 Å². The number of carboxylic acid groups (broad SMARTS) is 1. The summed E-state index contributed by atoms with van der Waals surface area (Å²) < 4.78 is 15.7. The average Bonchev–Trinajstić information content (AvgIpc) is 2.59. The van der Waals surface area contributed by atoms with Crippen LogP contribution in [0.1, 0.15) is 32.3 Å². The quantitative estimate of drug-likeness (QED) is 0.407. The van der Waals surface area contributed by atoms with Crippen LogP contribution in [-0.2, 0) is 25.7 Å². The number of aliphatic hydroxyl groups excluding tert-OH is 1. The molecule has 10 heteroatoms. The van der Waals surface area contributed by atoms with Gasteiger partial charge in [0.2, 0.25) is 6.29 Å². The molecule has 2 rings (SSSR count). The minimum atomic E-state index is -1.26. The van der Waals surface area contributed by atoms with E-state index in [-0.39, 0.29) is 36.8 Å². The molecule has 0 amide bonds. The molecule has 0 aromatic heterocycles. The third-order valence-electron chi connectivity index (χ3n) is 3.87. The number of nitro benzene ring substituents is 1. The molecule has 1 aromatic rings. The minimum Gasteiger partial charge on any atom is -0.479 e. The molecule has 1 aromatic carbocycles. The molecule has 0 radical (unpaired) electrons. The van der Waals surface area contributed by atoms with Crippen LogP contribution in [0.25, 0.3) is 0 Å². The normalized spacial score (nSPS) is 22.3. The molecule has 148 valence electrons. The third-order valence-corrected chi connectivity index (χ3v) is 3.87. The second kappa shape index (κ2) is 8.78. The van der Waals surface area contributed by atoms with E-state index in [0.717, 1.165) is 0 Å². The van der Waals surface area contributed by atoms with Gasteiger partial charge in [0.15, 0.2) is 11.9 Å². The first-order valence-electron chi connectivity index (χ1n) is 8.34. The van der Waals surface area contributed by atoms with Crippen LogP contribution >= 0.6 is 0 Å². The number of aliphatic carboxylic acids is 1. The third kappa shape index (κ3) is 5.63. The average molecular weight is 383 g/mol. The van der Waals surface area contributed by atoms with Crippen molar-refractivity contribution < 1.29 is 38.9 Å². The molecule has 1 saturated heterocycles. The smallest absolute Gasteiger partial charge is 0.333 e. The Hall–Kier alpha value is -2.72. The summed E-state index contributed by atoms with van der Waals surface area (Å²) in [4.78, 5) is 33.2. The summed E-state index contributed by atoms with van der Waals surface area (Å²) in [5.74, 6) is -2.14. The number of rotatable bonds is 7. The van der Waals surface area contributed by atoms with Crippen molar-refractivity contribution in [2.45, 2.75) is 51.8 Å². The summed E-state index contributed by atoms with van der Waals surface area (Å²) in [7, 11) is 0. The lowest BCUT2D eigenvalue weighted by molar-refractivity contribution is -0.386. The highest BCUT2D eigenvalue weighted by atomic mass is 16.7. The minimum absolute atomic E-state index is 0.0192. The van der Waals surface area contributed by atoms with E-state index in [1.807, 2.05) is 0 Å². The number of benzene rings is 1. The summed E-state index contributed by atoms with van der Waals surface area (Å²) >= 11 is 0. The molecular weight excluding hydrogens is 362 g/mol. The fraction of sp³-hybridized carbons (Fsp3) is 0.529. The van der Waals surface area contributed by atoms with Gasteiger partial charge in [-0.1, -0.05) is 19.9 Å². The highest BCUT2D eigenvalue weighted by molar-refractivity contribution is 5.72. The van der Waals surface area contributed by atoms with Crippen molar-refractivity contribution in [2.75, 3.05) is 0 Å². The number of esters is 1. The standard InChI is InChI=1S/C17H21NO9/c1-9(2)17(22)25-8-10-3-4-13(12(5-10)18(23)24)26-15-7-11(19)6-14(27-15)16(20)21/h3-5,9,11,14-15,19H,6-8H2,1-2H3,(H,20,21). The second-order valence-electron chi connectivity index (χ2n) is 6.46. The van der Waals surface area contributed by atoms with Crippen LogP contribution in [0.4, 0.5) is 5.69 Å². The Morgan fingerprint density at radius 3 is 2.67 bits per heavy atom. The zero-order chi connectivity index (χ0) is 20.1. The van der Waals surface area contributed by atoms with Gasteiger partial charge in [-0.25, -0.2) is 4.79 Å². The topological polar surface area (TPSA) is 145 Å². The van der Waals surface area contributed by atoms with Crippen molar-refractivity contribution >= 4 is 17.6 Å². The molecule has 1 aliphatic rings. The van der Waals surface area contributed by atoms with Crippen molar-refractivity contribution in [1.82, 2.24) is 0 Å². The molecule has 1 aliphatic heterocycles. The summed E-state index contributed by atoms with van der Waals surface area (Å²) in [6.07, 6.45) is -3.46. The molecule has 3 atom stereocenters. The largest absolute Gasteiger partial charge is 0.479 e. The van der Waals surface area contributed by atoms with E-state index in [1.54, 1.807) is 13.8 Å². The number of ether oxygens (including phenoxy) is 3. The van der Waals surface area contributed by atoms with E-state index >= 15 is 0 Å². The lowest BCUT2D eigenvalue weighted by Crippen LogP contribution is -2.42. The zero-order valence-corrected chi connectivity index (χ0v) is 14.9. The van der Waals surface area contributed by atoms with Gasteiger partial charge in [-0.15, -0.1) is 0 Å². The van der Waals surface area contributed by atoms with Crippen LogP contribution in [0.2, 0.25) is 0 Å². The number of nitrogens with zero attached hydrogens (tertiary/aromatic N) is 1. The molecule has 1 fully saturated rings. The number of hydrogen-bond donors (Lipinski definition) is 2. The Kier molecular flexibility index (Phi) is 6.70. The Balaban J connectivity index is 2.13. The first-order chi connectivity index (χ1) is 12.7. The Morgan fingerprint density at radius 1 is 1.37 bits per heavy atom. The maximum Gasteiger partial charge on any atom is 0.333 e. The lowest BCUT2D eigenvalue weighted by atomic mass is 10.1. The van der Waals surface area contributed by atoms with E-state index in [0.29, 0.717) is 5.56 Å². The Bertz CT molecular complexity index is 718. The SMILES string of the molecule is CC(C)C(=O)OCc1ccc(OC2CC(O)CC(C(=O)O)O2)c([N+](=O)[O-])c1. The second-order valence-corrected chi connectivity index (χ2v) is 6.46. The molecule has 0 saturated carbocycles. The molecule has 0 spiro atoms. The van der Waals surface area contributed by atoms with Gasteiger partial charge in [-0.3, -0.25) is 14.9 Å². The van der Waals surface area contributed by atoms with E-state index in [1.165, 1.54) is 18.2 Å². The van der Waals surface area contributed by atoms with E-state index < -0.39 is 35.4 Å².